The Bertz CT molecular complexity index is 1010. The number of nitrogens with one attached hydrogen (secondary N) is 1. The van der Waals surface area contributed by atoms with E-state index in [-0.39, 0.29) is 22.9 Å². The third kappa shape index (κ3) is 4.31. The number of benzene rings is 2. The van der Waals surface area contributed by atoms with Gasteiger partial charge < -0.3 is 0 Å². The Balaban J connectivity index is 1.68. The molecule has 2 aromatic carbocycles. The van der Waals surface area contributed by atoms with Gasteiger partial charge in [0, 0.05) is 11.5 Å². The molecule has 27 heavy (non-hydrogen) atoms. The highest BCUT2D eigenvalue weighted by Gasteiger charge is 2.38. The van der Waals surface area contributed by atoms with Gasteiger partial charge in [0.05, 0.1) is 17.4 Å². The van der Waals surface area contributed by atoms with Crippen LogP contribution in [0.15, 0.2) is 42.5 Å². The minimum atomic E-state index is -4.09. The summed E-state index contributed by atoms with van der Waals surface area (Å²) in [7, 11) is -4.09. The summed E-state index contributed by atoms with van der Waals surface area (Å²) < 4.78 is 53.4. The minimum Gasteiger partial charge on any atom is -0.274 e. The van der Waals surface area contributed by atoms with Crippen molar-refractivity contribution in [3.63, 3.8) is 0 Å². The third-order valence-corrected chi connectivity index (χ3v) is 5.90. The van der Waals surface area contributed by atoms with Crippen LogP contribution in [0, 0.1) is 28.9 Å². The van der Waals surface area contributed by atoms with Crippen molar-refractivity contribution < 1.29 is 22.0 Å². The fraction of sp³-hybridized carbons (Fsp3) is 0.263. The fourth-order valence-corrected chi connectivity index (χ4v) is 4.30. The zero-order chi connectivity index (χ0) is 19.6. The Kier molecular flexibility index (Phi) is 5.24. The molecular formula is C19H16F2N2O3S. The van der Waals surface area contributed by atoms with Crippen LogP contribution in [0.5, 0.6) is 0 Å². The van der Waals surface area contributed by atoms with E-state index in [4.69, 9.17) is 5.26 Å². The molecule has 2 aromatic rings. The summed E-state index contributed by atoms with van der Waals surface area (Å²) >= 11 is 0. The normalized spacial score (nSPS) is 19.0. The average Bonchev–Trinajstić information content (AvgIpc) is 2.57. The van der Waals surface area contributed by atoms with Gasteiger partial charge in [-0.1, -0.05) is 18.2 Å². The van der Waals surface area contributed by atoms with Gasteiger partial charge in [-0.15, -0.1) is 0 Å². The molecule has 8 heteroatoms. The summed E-state index contributed by atoms with van der Waals surface area (Å²) in [6, 6.07) is 11.0. The second-order valence-corrected chi connectivity index (χ2v) is 8.21. The van der Waals surface area contributed by atoms with E-state index in [9.17, 15) is 22.0 Å². The molecule has 1 aliphatic carbocycles. The van der Waals surface area contributed by atoms with Gasteiger partial charge in [0.15, 0.2) is 0 Å². The molecule has 0 saturated heterocycles. The molecule has 1 saturated carbocycles. The number of carbonyl (C=O) groups excluding carboxylic acids is 1. The largest absolute Gasteiger partial charge is 0.274 e. The molecule has 5 nitrogen and oxygen atoms in total. The van der Waals surface area contributed by atoms with Crippen molar-refractivity contribution in [2.45, 2.75) is 24.5 Å². The van der Waals surface area contributed by atoms with Crippen molar-refractivity contribution in [1.82, 2.24) is 4.72 Å². The zero-order valence-electron chi connectivity index (χ0n) is 14.2. The van der Waals surface area contributed by atoms with Crippen molar-refractivity contribution in [3.8, 4) is 6.07 Å². The third-order valence-electron chi connectivity index (χ3n) is 4.69. The lowest BCUT2D eigenvalue weighted by Gasteiger charge is -2.35. The smallest absolute Gasteiger partial charge is 0.239 e. The highest BCUT2D eigenvalue weighted by atomic mass is 32.2. The molecule has 1 N–H and O–H groups in total. The number of hydrogen-bond donors (Lipinski definition) is 1. The van der Waals surface area contributed by atoms with E-state index in [1.807, 2.05) is 4.72 Å². The number of nitriles is 1. The molecule has 0 aliphatic heterocycles. The average molecular weight is 390 g/mol. The maximum absolute atomic E-state index is 13.9. The zero-order valence-corrected chi connectivity index (χ0v) is 15.0. The minimum absolute atomic E-state index is 0.0780. The molecule has 2 unspecified atom stereocenters. The molecule has 0 bridgehead atoms. The molecule has 1 fully saturated rings. The number of sulfonamides is 1. The van der Waals surface area contributed by atoms with E-state index < -0.39 is 33.4 Å². The Morgan fingerprint density at radius 2 is 1.85 bits per heavy atom. The van der Waals surface area contributed by atoms with E-state index >= 15 is 0 Å². The summed E-state index contributed by atoms with van der Waals surface area (Å²) in [5.74, 6) is -3.26. The summed E-state index contributed by atoms with van der Waals surface area (Å²) in [5, 5.41) is 8.72. The molecular weight excluding hydrogens is 374 g/mol. The van der Waals surface area contributed by atoms with Gasteiger partial charge in [-0.25, -0.2) is 17.2 Å². The molecule has 1 aliphatic rings. The molecule has 2 atom stereocenters. The Labute approximate surface area is 155 Å². The Hall–Kier alpha value is -2.79. The first-order valence-electron chi connectivity index (χ1n) is 8.27. The standard InChI is InChI=1S/C19H16F2N2O3S/c20-15-5-3-13(4-6-15)16-7-8-17(16)19(24)23-27(25,26)11-14-2-1-12(10-22)9-18(14)21/h1-6,9,16-17H,7-8,11H2,(H,23,24). The van der Waals surface area contributed by atoms with Crippen LogP contribution in [-0.2, 0) is 20.6 Å². The van der Waals surface area contributed by atoms with Crippen LogP contribution in [0.1, 0.15) is 35.4 Å². The predicted molar refractivity (Wildman–Crippen MR) is 93.7 cm³/mol. The summed E-state index contributed by atoms with van der Waals surface area (Å²) in [4.78, 5) is 12.4. The monoisotopic (exact) mass is 390 g/mol. The summed E-state index contributed by atoms with van der Waals surface area (Å²) in [6.07, 6.45) is 1.22. The van der Waals surface area contributed by atoms with Crippen LogP contribution >= 0.6 is 0 Å². The highest BCUT2D eigenvalue weighted by Crippen LogP contribution is 2.42. The fourth-order valence-electron chi connectivity index (χ4n) is 3.13. The first kappa shape index (κ1) is 19.0. The quantitative estimate of drug-likeness (QED) is 0.850. The van der Waals surface area contributed by atoms with Gasteiger partial charge in [-0.3, -0.25) is 9.52 Å². The molecule has 0 spiro atoms. The van der Waals surface area contributed by atoms with Crippen LogP contribution in [-0.4, -0.2) is 14.3 Å². The first-order valence-corrected chi connectivity index (χ1v) is 9.92. The van der Waals surface area contributed by atoms with E-state index in [0.717, 1.165) is 11.6 Å². The molecule has 1 amide bonds. The highest BCUT2D eigenvalue weighted by molar-refractivity contribution is 7.89. The number of amides is 1. The van der Waals surface area contributed by atoms with Crippen LogP contribution in [0.25, 0.3) is 0 Å². The van der Waals surface area contributed by atoms with Gasteiger partial charge >= 0.3 is 0 Å². The lowest BCUT2D eigenvalue weighted by Crippen LogP contribution is -2.42. The lowest BCUT2D eigenvalue weighted by molar-refractivity contribution is -0.126. The van der Waals surface area contributed by atoms with E-state index in [2.05, 4.69) is 0 Å². The SMILES string of the molecule is N#Cc1ccc(CS(=O)(=O)NC(=O)C2CCC2c2ccc(F)cc2)c(F)c1. The molecule has 3 rings (SSSR count). The van der Waals surface area contributed by atoms with E-state index in [1.165, 1.54) is 24.3 Å². The van der Waals surface area contributed by atoms with Crippen LogP contribution < -0.4 is 4.72 Å². The second kappa shape index (κ2) is 7.45. The van der Waals surface area contributed by atoms with E-state index in [1.54, 1.807) is 18.2 Å². The Morgan fingerprint density at radius 1 is 1.15 bits per heavy atom. The van der Waals surface area contributed by atoms with Crippen molar-refractivity contribution in [2.75, 3.05) is 0 Å². The topological polar surface area (TPSA) is 87.0 Å². The molecule has 0 heterocycles. The van der Waals surface area contributed by atoms with Crippen molar-refractivity contribution in [3.05, 3.63) is 70.8 Å². The maximum atomic E-state index is 13.9. The molecule has 0 aromatic heterocycles. The van der Waals surface area contributed by atoms with Crippen molar-refractivity contribution in [1.29, 1.82) is 5.26 Å². The van der Waals surface area contributed by atoms with Crippen LogP contribution in [0.4, 0.5) is 8.78 Å². The number of nitrogens with zero attached hydrogens (tertiary/aromatic N) is 1. The number of rotatable bonds is 5. The Morgan fingerprint density at radius 3 is 2.41 bits per heavy atom. The van der Waals surface area contributed by atoms with Crippen molar-refractivity contribution >= 4 is 15.9 Å². The van der Waals surface area contributed by atoms with Crippen LogP contribution in [0.3, 0.4) is 0 Å². The molecule has 140 valence electrons. The van der Waals surface area contributed by atoms with Gasteiger partial charge in [0.1, 0.15) is 11.6 Å². The van der Waals surface area contributed by atoms with E-state index in [0.29, 0.717) is 12.8 Å². The number of halogens is 2. The number of carbonyl (C=O) groups is 1. The second-order valence-electron chi connectivity index (χ2n) is 6.49. The number of hydrogen-bond acceptors (Lipinski definition) is 4. The van der Waals surface area contributed by atoms with Gasteiger partial charge in [0.2, 0.25) is 15.9 Å². The first-order chi connectivity index (χ1) is 12.8. The summed E-state index contributed by atoms with van der Waals surface area (Å²) in [5.41, 5.74) is 0.727. The van der Waals surface area contributed by atoms with Gasteiger partial charge in [0.25, 0.3) is 0 Å². The lowest BCUT2D eigenvalue weighted by atomic mass is 9.69. The summed E-state index contributed by atoms with van der Waals surface area (Å²) in [6.45, 7) is 0. The van der Waals surface area contributed by atoms with Gasteiger partial charge in [-0.05, 0) is 48.6 Å². The molecule has 0 radical (unpaired) electrons. The van der Waals surface area contributed by atoms with Gasteiger partial charge in [-0.2, -0.15) is 5.26 Å². The predicted octanol–water partition coefficient (Wildman–Crippen LogP) is 2.98. The maximum Gasteiger partial charge on any atom is 0.239 e. The van der Waals surface area contributed by atoms with Crippen molar-refractivity contribution in [2.24, 2.45) is 5.92 Å². The van der Waals surface area contributed by atoms with Crippen LogP contribution in [0.2, 0.25) is 0 Å².